The van der Waals surface area contributed by atoms with Crippen LogP contribution >= 0.6 is 11.8 Å². The molecule has 20 heavy (non-hydrogen) atoms. The zero-order chi connectivity index (χ0) is 14.6. The molecule has 0 bridgehead atoms. The highest BCUT2D eigenvalue weighted by atomic mass is 32.2. The standard InChI is InChI=1S/C12H21N5O2S/c1-12(2,5-6-18)8-13-10(19)7-20-11-14-15-16-17(11)9-3-4-9/h9,18H,3-8H2,1-2H3,(H,13,19). The number of thioether (sulfide) groups is 1. The van der Waals surface area contributed by atoms with Crippen molar-refractivity contribution < 1.29 is 9.90 Å². The molecule has 1 saturated carbocycles. The maximum Gasteiger partial charge on any atom is 0.230 e. The van der Waals surface area contributed by atoms with E-state index in [9.17, 15) is 4.79 Å². The van der Waals surface area contributed by atoms with E-state index in [0.29, 0.717) is 29.9 Å². The normalized spacial score (nSPS) is 15.3. The highest BCUT2D eigenvalue weighted by molar-refractivity contribution is 7.99. The molecule has 0 aliphatic heterocycles. The maximum absolute atomic E-state index is 11.8. The third kappa shape index (κ3) is 4.45. The lowest BCUT2D eigenvalue weighted by Crippen LogP contribution is -2.35. The summed E-state index contributed by atoms with van der Waals surface area (Å²) in [6, 6.07) is 0.416. The second kappa shape index (κ2) is 6.53. The summed E-state index contributed by atoms with van der Waals surface area (Å²) < 4.78 is 1.80. The predicted molar refractivity (Wildman–Crippen MR) is 75.3 cm³/mol. The van der Waals surface area contributed by atoms with Gasteiger partial charge in [0, 0.05) is 13.2 Å². The number of amides is 1. The Kier molecular flexibility index (Phi) is 4.98. The van der Waals surface area contributed by atoms with Gasteiger partial charge in [0.25, 0.3) is 0 Å². The second-order valence-electron chi connectivity index (χ2n) is 5.84. The summed E-state index contributed by atoms with van der Waals surface area (Å²) >= 11 is 1.36. The number of aromatic nitrogens is 4. The molecule has 0 saturated heterocycles. The van der Waals surface area contributed by atoms with Crippen LogP contribution in [0.3, 0.4) is 0 Å². The van der Waals surface area contributed by atoms with Crippen molar-refractivity contribution in [1.82, 2.24) is 25.5 Å². The third-order valence-electron chi connectivity index (χ3n) is 3.24. The Morgan fingerprint density at radius 1 is 1.55 bits per heavy atom. The molecule has 1 aromatic rings. The minimum atomic E-state index is -0.0926. The van der Waals surface area contributed by atoms with Crippen molar-refractivity contribution in [2.24, 2.45) is 5.41 Å². The summed E-state index contributed by atoms with van der Waals surface area (Å²) in [5, 5.41) is 24.1. The lowest BCUT2D eigenvalue weighted by molar-refractivity contribution is -0.119. The van der Waals surface area contributed by atoms with E-state index in [2.05, 4.69) is 20.8 Å². The minimum Gasteiger partial charge on any atom is -0.396 e. The fraction of sp³-hybridized carbons (Fsp3) is 0.833. The summed E-state index contributed by atoms with van der Waals surface area (Å²) in [6.45, 7) is 4.73. The smallest absolute Gasteiger partial charge is 0.230 e. The van der Waals surface area contributed by atoms with Crippen LogP contribution in [0.1, 0.15) is 39.2 Å². The van der Waals surface area contributed by atoms with Crippen LogP contribution in [-0.2, 0) is 4.79 Å². The lowest BCUT2D eigenvalue weighted by atomic mass is 9.90. The van der Waals surface area contributed by atoms with Crippen LogP contribution in [0, 0.1) is 5.41 Å². The Bertz CT molecular complexity index is 458. The molecule has 1 aliphatic rings. The van der Waals surface area contributed by atoms with Crippen molar-refractivity contribution in [2.75, 3.05) is 18.9 Å². The zero-order valence-electron chi connectivity index (χ0n) is 11.9. The van der Waals surface area contributed by atoms with Crippen molar-refractivity contribution in [3.05, 3.63) is 0 Å². The zero-order valence-corrected chi connectivity index (χ0v) is 12.7. The third-order valence-corrected chi connectivity index (χ3v) is 4.17. The van der Waals surface area contributed by atoms with E-state index in [1.807, 2.05) is 13.8 Å². The van der Waals surface area contributed by atoms with Gasteiger partial charge in [0.2, 0.25) is 11.1 Å². The average Bonchev–Trinajstić information content (AvgIpc) is 3.13. The van der Waals surface area contributed by atoms with Crippen LogP contribution in [-0.4, -0.2) is 50.1 Å². The van der Waals surface area contributed by atoms with Gasteiger partial charge in [-0.25, -0.2) is 4.68 Å². The van der Waals surface area contributed by atoms with Gasteiger partial charge in [-0.15, -0.1) is 5.10 Å². The first kappa shape index (κ1) is 15.2. The number of carbonyl (C=O) groups excluding carboxylic acids is 1. The van der Waals surface area contributed by atoms with E-state index < -0.39 is 0 Å². The van der Waals surface area contributed by atoms with Crippen molar-refractivity contribution in [3.63, 3.8) is 0 Å². The molecule has 8 heteroatoms. The molecule has 2 rings (SSSR count). The number of nitrogens with zero attached hydrogens (tertiary/aromatic N) is 4. The molecule has 1 aromatic heterocycles. The highest BCUT2D eigenvalue weighted by Crippen LogP contribution is 2.36. The summed E-state index contributed by atoms with van der Waals surface area (Å²) in [4.78, 5) is 11.8. The monoisotopic (exact) mass is 299 g/mol. The van der Waals surface area contributed by atoms with Gasteiger partial charge in [-0.2, -0.15) is 0 Å². The van der Waals surface area contributed by atoms with Gasteiger partial charge in [0.15, 0.2) is 0 Å². The molecule has 1 fully saturated rings. The van der Waals surface area contributed by atoms with E-state index in [1.165, 1.54) is 11.8 Å². The molecule has 0 radical (unpaired) electrons. The first-order chi connectivity index (χ1) is 9.52. The van der Waals surface area contributed by atoms with E-state index >= 15 is 0 Å². The molecule has 112 valence electrons. The van der Waals surface area contributed by atoms with E-state index in [-0.39, 0.29) is 17.9 Å². The van der Waals surface area contributed by atoms with Crippen molar-refractivity contribution in [1.29, 1.82) is 0 Å². The number of aliphatic hydroxyl groups is 1. The van der Waals surface area contributed by atoms with Crippen LogP contribution in [0.5, 0.6) is 0 Å². The van der Waals surface area contributed by atoms with Crippen molar-refractivity contribution in [3.8, 4) is 0 Å². The fourth-order valence-corrected chi connectivity index (χ4v) is 2.51. The van der Waals surface area contributed by atoms with Gasteiger partial charge in [-0.3, -0.25) is 4.79 Å². The average molecular weight is 299 g/mol. The largest absolute Gasteiger partial charge is 0.396 e. The first-order valence-corrected chi connectivity index (χ1v) is 7.78. The predicted octanol–water partition coefficient (Wildman–Crippen LogP) is 0.625. The Morgan fingerprint density at radius 2 is 2.30 bits per heavy atom. The van der Waals surface area contributed by atoms with E-state index in [4.69, 9.17) is 5.11 Å². The Hall–Kier alpha value is -1.15. The molecule has 0 unspecified atom stereocenters. The number of nitrogens with one attached hydrogen (secondary N) is 1. The first-order valence-electron chi connectivity index (χ1n) is 6.80. The lowest BCUT2D eigenvalue weighted by Gasteiger charge is -2.23. The van der Waals surface area contributed by atoms with Gasteiger partial charge < -0.3 is 10.4 Å². The molecule has 1 amide bonds. The number of hydrogen-bond donors (Lipinski definition) is 2. The quantitative estimate of drug-likeness (QED) is 0.684. The molecule has 0 atom stereocenters. The van der Waals surface area contributed by atoms with Gasteiger partial charge in [0.05, 0.1) is 11.8 Å². The fourth-order valence-electron chi connectivity index (χ4n) is 1.74. The summed E-state index contributed by atoms with van der Waals surface area (Å²) in [7, 11) is 0. The second-order valence-corrected chi connectivity index (χ2v) is 6.78. The molecule has 0 aromatic carbocycles. The van der Waals surface area contributed by atoms with Gasteiger partial charge in [-0.05, 0) is 35.1 Å². The summed E-state index contributed by atoms with van der Waals surface area (Å²) in [5.74, 6) is 0.272. The molecular weight excluding hydrogens is 278 g/mol. The number of hydrogen-bond acceptors (Lipinski definition) is 6. The number of carbonyl (C=O) groups is 1. The minimum absolute atomic E-state index is 0.0358. The Labute approximate surface area is 122 Å². The number of tetrazole rings is 1. The topological polar surface area (TPSA) is 92.9 Å². The van der Waals surface area contributed by atoms with Crippen LogP contribution in [0.15, 0.2) is 5.16 Å². The summed E-state index contributed by atoms with van der Waals surface area (Å²) in [5.41, 5.74) is -0.0926. The molecule has 7 nitrogen and oxygen atoms in total. The van der Waals surface area contributed by atoms with Crippen molar-refractivity contribution in [2.45, 2.75) is 44.3 Å². The Balaban J connectivity index is 1.73. The SMILES string of the molecule is CC(C)(CCO)CNC(=O)CSc1nnnn1C1CC1. The summed E-state index contributed by atoms with van der Waals surface area (Å²) in [6.07, 6.45) is 2.89. The molecule has 0 spiro atoms. The molecular formula is C12H21N5O2S. The maximum atomic E-state index is 11.8. The van der Waals surface area contributed by atoms with Gasteiger partial charge in [-0.1, -0.05) is 25.6 Å². The number of aliphatic hydroxyl groups excluding tert-OH is 1. The van der Waals surface area contributed by atoms with E-state index in [0.717, 1.165) is 12.8 Å². The van der Waals surface area contributed by atoms with Gasteiger partial charge >= 0.3 is 0 Å². The van der Waals surface area contributed by atoms with Crippen molar-refractivity contribution >= 4 is 17.7 Å². The van der Waals surface area contributed by atoms with E-state index in [1.54, 1.807) is 4.68 Å². The van der Waals surface area contributed by atoms with Gasteiger partial charge in [0.1, 0.15) is 0 Å². The Morgan fingerprint density at radius 3 is 2.95 bits per heavy atom. The van der Waals surface area contributed by atoms with Crippen LogP contribution in [0.25, 0.3) is 0 Å². The molecule has 1 aliphatic carbocycles. The van der Waals surface area contributed by atoms with Crippen LogP contribution in [0.4, 0.5) is 0 Å². The van der Waals surface area contributed by atoms with Crippen LogP contribution < -0.4 is 5.32 Å². The van der Waals surface area contributed by atoms with Crippen LogP contribution in [0.2, 0.25) is 0 Å². The highest BCUT2D eigenvalue weighted by Gasteiger charge is 2.28. The number of rotatable bonds is 8. The molecule has 1 heterocycles. The molecule has 2 N–H and O–H groups in total.